The van der Waals surface area contributed by atoms with Crippen molar-refractivity contribution in [2.75, 3.05) is 6.61 Å². The second kappa shape index (κ2) is 8.92. The van der Waals surface area contributed by atoms with Gasteiger partial charge in [-0.2, -0.15) is 0 Å². The molecule has 0 unspecified atom stereocenters. The Morgan fingerprint density at radius 1 is 0.839 bits per heavy atom. The Balaban J connectivity index is 0.000000166. The lowest BCUT2D eigenvalue weighted by Crippen LogP contribution is -1.97. The Bertz CT molecular complexity index is 1290. The van der Waals surface area contributed by atoms with Gasteiger partial charge in [0.15, 0.2) is 0 Å². The minimum Gasteiger partial charge on any atom is -0.464 e. The van der Waals surface area contributed by atoms with Gasteiger partial charge in [0.1, 0.15) is 5.65 Å². The van der Waals surface area contributed by atoms with Gasteiger partial charge in [0.2, 0.25) is 0 Å². The number of nitrogens with zero attached hydrogens (tertiary/aromatic N) is 5. The van der Waals surface area contributed by atoms with Gasteiger partial charge < -0.3 is 9.14 Å². The van der Waals surface area contributed by atoms with Crippen LogP contribution in [-0.4, -0.2) is 30.9 Å². The van der Waals surface area contributed by atoms with E-state index < -0.39 is 0 Å². The summed E-state index contributed by atoms with van der Waals surface area (Å²) >= 11 is 0. The molecule has 0 aliphatic heterocycles. The molecule has 0 atom stereocenters. The fourth-order valence-corrected chi connectivity index (χ4v) is 3.28. The zero-order valence-electron chi connectivity index (χ0n) is 18.2. The summed E-state index contributed by atoms with van der Waals surface area (Å²) in [4.78, 5) is 17.1. The van der Waals surface area contributed by atoms with Crippen molar-refractivity contribution in [3.8, 4) is 17.1 Å². The average Bonchev–Trinajstić information content (AvgIpc) is 3.15. The van der Waals surface area contributed by atoms with E-state index in [4.69, 9.17) is 4.74 Å². The summed E-state index contributed by atoms with van der Waals surface area (Å²) in [5, 5.41) is 1.21. The molecule has 0 bridgehead atoms. The van der Waals surface area contributed by atoms with Gasteiger partial charge in [-0.15, -0.1) is 0 Å². The molecule has 6 heteroatoms. The molecule has 0 saturated heterocycles. The molecule has 31 heavy (non-hydrogen) atoms. The quantitative estimate of drug-likeness (QED) is 0.400. The maximum atomic E-state index is 5.23. The molecule has 0 N–H and O–H groups in total. The topological polar surface area (TPSA) is 65.2 Å². The normalized spacial score (nSPS) is 10.7. The molecule has 0 amide bonds. The van der Waals surface area contributed by atoms with Gasteiger partial charge in [0, 0.05) is 47.1 Å². The number of benzene rings is 1. The summed E-state index contributed by atoms with van der Waals surface area (Å²) in [6, 6.07) is 14.9. The molecule has 0 aliphatic carbocycles. The van der Waals surface area contributed by atoms with Crippen LogP contribution in [0.3, 0.4) is 0 Å². The van der Waals surface area contributed by atoms with Crippen LogP contribution >= 0.6 is 0 Å². The first-order valence-electron chi connectivity index (χ1n) is 10.3. The molecule has 0 fully saturated rings. The van der Waals surface area contributed by atoms with E-state index in [-0.39, 0.29) is 0 Å². The maximum Gasteiger partial charge on any atom is 0.316 e. The van der Waals surface area contributed by atoms with E-state index in [2.05, 4.69) is 51.1 Å². The van der Waals surface area contributed by atoms with E-state index in [1.54, 1.807) is 12.4 Å². The Morgan fingerprint density at radius 2 is 1.61 bits per heavy atom. The van der Waals surface area contributed by atoms with Crippen LogP contribution in [0.2, 0.25) is 0 Å². The molecular weight excluding hydrogens is 386 g/mol. The van der Waals surface area contributed by atoms with Crippen molar-refractivity contribution < 1.29 is 4.74 Å². The van der Waals surface area contributed by atoms with Gasteiger partial charge >= 0.3 is 6.01 Å². The fraction of sp³-hybridized carbons (Fsp3) is 0.200. The summed E-state index contributed by atoms with van der Waals surface area (Å²) in [5.41, 5.74) is 7.46. The van der Waals surface area contributed by atoms with Crippen LogP contribution in [0.25, 0.3) is 27.7 Å². The van der Waals surface area contributed by atoms with Gasteiger partial charge in [-0.25, -0.2) is 15.0 Å². The number of ether oxygens (including phenoxy) is 1. The molecule has 0 radical (unpaired) electrons. The zero-order valence-corrected chi connectivity index (χ0v) is 18.2. The van der Waals surface area contributed by atoms with Crippen LogP contribution < -0.4 is 4.74 Å². The van der Waals surface area contributed by atoms with Gasteiger partial charge in [0.05, 0.1) is 12.1 Å². The summed E-state index contributed by atoms with van der Waals surface area (Å²) in [5.74, 6) is 0. The van der Waals surface area contributed by atoms with E-state index in [0.717, 1.165) is 33.7 Å². The highest BCUT2D eigenvalue weighted by molar-refractivity contribution is 5.79. The lowest BCUT2D eigenvalue weighted by molar-refractivity contribution is 0.312. The third-order valence-electron chi connectivity index (χ3n) is 4.92. The lowest BCUT2D eigenvalue weighted by atomic mass is 10.1. The highest BCUT2D eigenvalue weighted by Gasteiger charge is 2.04. The molecule has 0 spiro atoms. The van der Waals surface area contributed by atoms with Crippen molar-refractivity contribution in [2.45, 2.75) is 27.7 Å². The summed E-state index contributed by atoms with van der Waals surface area (Å²) in [6.45, 7) is 8.61. The number of pyridine rings is 2. The van der Waals surface area contributed by atoms with Gasteiger partial charge in [-0.3, -0.25) is 4.98 Å². The Kier molecular flexibility index (Phi) is 5.89. The molecule has 156 valence electrons. The van der Waals surface area contributed by atoms with Gasteiger partial charge in [-0.1, -0.05) is 18.2 Å². The van der Waals surface area contributed by atoms with Gasteiger partial charge in [0.25, 0.3) is 0 Å². The highest BCUT2D eigenvalue weighted by atomic mass is 16.5. The molecule has 6 nitrogen and oxygen atoms in total. The van der Waals surface area contributed by atoms with Crippen LogP contribution in [0.4, 0.5) is 0 Å². The van der Waals surface area contributed by atoms with Crippen molar-refractivity contribution >= 4 is 16.6 Å². The summed E-state index contributed by atoms with van der Waals surface area (Å²) < 4.78 is 7.27. The molecule has 0 aliphatic rings. The van der Waals surface area contributed by atoms with E-state index in [1.165, 1.54) is 10.9 Å². The van der Waals surface area contributed by atoms with Crippen molar-refractivity contribution in [3.05, 3.63) is 84.2 Å². The van der Waals surface area contributed by atoms with Crippen molar-refractivity contribution in [3.63, 3.8) is 0 Å². The maximum absolute atomic E-state index is 5.23. The number of aryl methyl sites for hydroxylation is 3. The number of imidazole rings is 1. The SMILES string of the molecule is CCOc1ncc(-c2ccn3c(C)cnc3c2)cn1.Cc1ccc2ccc(C)nc2c1. The molecule has 5 rings (SSSR count). The molecule has 5 aromatic rings. The zero-order chi connectivity index (χ0) is 21.8. The molecule has 4 aromatic heterocycles. The predicted molar refractivity (Wildman–Crippen MR) is 123 cm³/mol. The second-order valence-corrected chi connectivity index (χ2v) is 7.38. The molecule has 1 aromatic carbocycles. The van der Waals surface area contributed by atoms with E-state index in [1.807, 2.05) is 55.8 Å². The van der Waals surface area contributed by atoms with E-state index in [9.17, 15) is 0 Å². The minimum atomic E-state index is 0.406. The van der Waals surface area contributed by atoms with Crippen molar-refractivity contribution in [1.82, 2.24) is 24.3 Å². The van der Waals surface area contributed by atoms with Crippen LogP contribution in [0, 0.1) is 20.8 Å². The Hall–Kier alpha value is -3.80. The third-order valence-corrected chi connectivity index (χ3v) is 4.92. The Morgan fingerprint density at radius 3 is 2.39 bits per heavy atom. The number of fused-ring (bicyclic) bond motifs is 2. The minimum absolute atomic E-state index is 0.406. The van der Waals surface area contributed by atoms with Crippen LogP contribution in [0.1, 0.15) is 23.9 Å². The summed E-state index contributed by atoms with van der Waals surface area (Å²) in [7, 11) is 0. The van der Waals surface area contributed by atoms with Crippen LogP contribution in [0.15, 0.2) is 67.3 Å². The molecule has 0 saturated carbocycles. The monoisotopic (exact) mass is 411 g/mol. The number of rotatable bonds is 3. The summed E-state index contributed by atoms with van der Waals surface area (Å²) in [6.07, 6.45) is 7.39. The van der Waals surface area contributed by atoms with E-state index in [0.29, 0.717) is 12.6 Å². The molecule has 4 heterocycles. The second-order valence-electron chi connectivity index (χ2n) is 7.38. The number of hydrogen-bond donors (Lipinski definition) is 0. The predicted octanol–water partition coefficient (Wildman–Crippen LogP) is 5.35. The first kappa shape index (κ1) is 20.5. The lowest BCUT2D eigenvalue weighted by Gasteiger charge is -2.04. The standard InChI is InChI=1S/C14H14N4O.C11H11N/c1-3-19-14-16-8-12(9-17-14)11-4-5-18-10(2)7-15-13(18)6-11;1-8-3-5-10-6-4-9(2)12-11(10)7-8/h4-9H,3H2,1-2H3;3-7H,1-2H3. The first-order chi connectivity index (χ1) is 15.0. The van der Waals surface area contributed by atoms with Crippen LogP contribution in [0.5, 0.6) is 6.01 Å². The van der Waals surface area contributed by atoms with E-state index >= 15 is 0 Å². The average molecular weight is 412 g/mol. The first-order valence-corrected chi connectivity index (χ1v) is 10.3. The Labute approximate surface area is 181 Å². The number of hydrogen-bond acceptors (Lipinski definition) is 5. The van der Waals surface area contributed by atoms with Crippen LogP contribution in [-0.2, 0) is 0 Å². The highest BCUT2D eigenvalue weighted by Crippen LogP contribution is 2.20. The van der Waals surface area contributed by atoms with Crippen molar-refractivity contribution in [1.29, 1.82) is 0 Å². The number of aromatic nitrogens is 5. The molecular formula is C25H25N5O. The smallest absolute Gasteiger partial charge is 0.316 e. The third kappa shape index (κ3) is 4.69. The van der Waals surface area contributed by atoms with Gasteiger partial charge in [-0.05, 0) is 63.1 Å². The fourth-order valence-electron chi connectivity index (χ4n) is 3.28. The van der Waals surface area contributed by atoms with Crippen molar-refractivity contribution in [2.24, 2.45) is 0 Å². The largest absolute Gasteiger partial charge is 0.464 e.